The molecule has 0 bridgehead atoms. The number of rotatable bonds is 7. The van der Waals surface area contributed by atoms with Crippen molar-refractivity contribution in [3.63, 3.8) is 0 Å². The number of nitrogens with zero attached hydrogens (tertiary/aromatic N) is 2. The van der Waals surface area contributed by atoms with Crippen molar-refractivity contribution in [2.75, 3.05) is 18.5 Å². The van der Waals surface area contributed by atoms with Gasteiger partial charge in [-0.05, 0) is 24.3 Å². The van der Waals surface area contributed by atoms with E-state index in [0.29, 0.717) is 19.4 Å². The van der Waals surface area contributed by atoms with Crippen molar-refractivity contribution in [3.05, 3.63) is 16.8 Å². The van der Waals surface area contributed by atoms with Crippen molar-refractivity contribution < 1.29 is 15.0 Å². The first-order chi connectivity index (χ1) is 9.04. The Hall–Kier alpha value is -1.69. The molecule has 3 N–H and O–H groups in total. The van der Waals surface area contributed by atoms with Gasteiger partial charge in [0.25, 0.3) is 0 Å². The van der Waals surface area contributed by atoms with Crippen LogP contribution in [0, 0.1) is 5.92 Å². The van der Waals surface area contributed by atoms with Crippen LogP contribution in [-0.4, -0.2) is 39.5 Å². The maximum absolute atomic E-state index is 11.4. The van der Waals surface area contributed by atoms with Gasteiger partial charge in [-0.3, -0.25) is 0 Å². The Bertz CT molecular complexity index is 449. The maximum Gasteiger partial charge on any atom is 0.339 e. The minimum Gasteiger partial charge on any atom is -0.478 e. The minimum atomic E-state index is -0.999. The highest BCUT2D eigenvalue weighted by Crippen LogP contribution is 2.21. The smallest absolute Gasteiger partial charge is 0.339 e. The number of carboxylic acids is 1. The van der Waals surface area contributed by atoms with Crippen LogP contribution < -0.4 is 5.32 Å². The minimum absolute atomic E-state index is 0.0272. The normalized spacial score (nSPS) is 12.2. The molecule has 1 unspecified atom stereocenters. The zero-order valence-corrected chi connectivity index (χ0v) is 11.6. The van der Waals surface area contributed by atoms with Gasteiger partial charge in [-0.25, -0.2) is 4.79 Å². The van der Waals surface area contributed by atoms with Gasteiger partial charge < -0.3 is 15.5 Å². The zero-order valence-electron chi connectivity index (χ0n) is 11.6. The molecule has 1 aromatic heterocycles. The van der Waals surface area contributed by atoms with Gasteiger partial charge in [-0.2, -0.15) is 5.10 Å². The molecule has 6 heteroatoms. The van der Waals surface area contributed by atoms with Crippen molar-refractivity contribution in [2.45, 2.75) is 33.6 Å². The maximum atomic E-state index is 11.4. The van der Waals surface area contributed by atoms with E-state index in [9.17, 15) is 9.90 Å². The van der Waals surface area contributed by atoms with Crippen LogP contribution >= 0.6 is 0 Å². The van der Waals surface area contributed by atoms with Crippen molar-refractivity contribution in [1.29, 1.82) is 0 Å². The molecule has 0 saturated heterocycles. The summed E-state index contributed by atoms with van der Waals surface area (Å²) in [5.41, 5.74) is 1.64. The molecule has 0 spiro atoms. The average molecular weight is 267 g/mol. The van der Waals surface area contributed by atoms with Crippen LogP contribution in [0.3, 0.4) is 0 Å². The Morgan fingerprint density at radius 3 is 2.47 bits per heavy atom. The molecular formula is C13H21N3O3. The molecule has 1 heterocycles. The number of aromatic carboxylic acids is 1. The highest BCUT2D eigenvalue weighted by atomic mass is 16.4. The first kappa shape index (κ1) is 15.4. The van der Waals surface area contributed by atoms with Crippen molar-refractivity contribution in [1.82, 2.24) is 10.2 Å². The van der Waals surface area contributed by atoms with E-state index in [2.05, 4.69) is 15.5 Å². The number of aryl methyl sites for hydroxylation is 1. The number of anilines is 1. The topological polar surface area (TPSA) is 95.3 Å². The standard InChI is InChI=1S/C13H21N3O3/c1-4-9-10(5-2)15-16-12(11(9)13(18)19)14-6-8(3)7-17/h8,17H,4-7H2,1-3H3,(H,14,16)(H,18,19). The van der Waals surface area contributed by atoms with Crippen LogP contribution in [0.5, 0.6) is 0 Å². The number of aromatic nitrogens is 2. The van der Waals surface area contributed by atoms with Crippen LogP contribution in [0.4, 0.5) is 5.82 Å². The van der Waals surface area contributed by atoms with Crippen molar-refractivity contribution >= 4 is 11.8 Å². The Labute approximate surface area is 112 Å². The predicted octanol–water partition coefficient (Wildman–Crippen LogP) is 1.34. The lowest BCUT2D eigenvalue weighted by Gasteiger charge is -2.15. The molecule has 0 radical (unpaired) electrons. The molecule has 0 aromatic carbocycles. The molecular weight excluding hydrogens is 246 g/mol. The summed E-state index contributed by atoms with van der Waals surface area (Å²) in [6.07, 6.45) is 1.26. The largest absolute Gasteiger partial charge is 0.478 e. The van der Waals surface area contributed by atoms with Gasteiger partial charge in [0.15, 0.2) is 5.82 Å². The second kappa shape index (κ2) is 7.04. The summed E-state index contributed by atoms with van der Waals surface area (Å²) in [5, 5.41) is 29.3. The summed E-state index contributed by atoms with van der Waals surface area (Å²) in [5.74, 6) is -0.693. The average Bonchev–Trinajstić information content (AvgIpc) is 2.42. The summed E-state index contributed by atoms with van der Waals surface area (Å²) in [4.78, 5) is 11.4. The summed E-state index contributed by atoms with van der Waals surface area (Å²) >= 11 is 0. The van der Waals surface area contributed by atoms with E-state index in [1.165, 1.54) is 0 Å². The molecule has 0 aliphatic carbocycles. The van der Waals surface area contributed by atoms with Gasteiger partial charge in [0.1, 0.15) is 5.56 Å². The molecule has 1 atom stereocenters. The van der Waals surface area contributed by atoms with E-state index in [4.69, 9.17) is 5.11 Å². The van der Waals surface area contributed by atoms with Gasteiger partial charge >= 0.3 is 5.97 Å². The number of aliphatic hydroxyl groups excluding tert-OH is 1. The number of hydrogen-bond donors (Lipinski definition) is 3. The first-order valence-electron chi connectivity index (χ1n) is 6.51. The highest BCUT2D eigenvalue weighted by Gasteiger charge is 2.20. The quantitative estimate of drug-likeness (QED) is 0.690. The summed E-state index contributed by atoms with van der Waals surface area (Å²) < 4.78 is 0. The predicted molar refractivity (Wildman–Crippen MR) is 72.5 cm³/mol. The molecule has 1 rings (SSSR count). The second-order valence-corrected chi connectivity index (χ2v) is 4.53. The van der Waals surface area contributed by atoms with Gasteiger partial charge in [-0.1, -0.05) is 20.8 Å². The fourth-order valence-corrected chi connectivity index (χ4v) is 1.86. The van der Waals surface area contributed by atoms with Crippen molar-refractivity contribution in [3.8, 4) is 0 Å². The second-order valence-electron chi connectivity index (χ2n) is 4.53. The van der Waals surface area contributed by atoms with Gasteiger partial charge in [-0.15, -0.1) is 5.10 Å². The number of aliphatic hydroxyl groups is 1. The van der Waals surface area contributed by atoms with Gasteiger partial charge in [0.05, 0.1) is 5.69 Å². The van der Waals surface area contributed by atoms with E-state index >= 15 is 0 Å². The third kappa shape index (κ3) is 3.64. The lowest BCUT2D eigenvalue weighted by atomic mass is 10.0. The van der Waals surface area contributed by atoms with E-state index in [1.807, 2.05) is 20.8 Å². The fraction of sp³-hybridized carbons (Fsp3) is 0.615. The summed E-state index contributed by atoms with van der Waals surface area (Å²) in [6.45, 7) is 6.19. The molecule has 0 aliphatic heterocycles. The molecule has 6 nitrogen and oxygen atoms in total. The number of carboxylic acid groups (broad SMARTS) is 1. The van der Waals surface area contributed by atoms with Crippen molar-refractivity contribution in [2.24, 2.45) is 5.92 Å². The van der Waals surface area contributed by atoms with Crippen LogP contribution in [-0.2, 0) is 12.8 Å². The Balaban J connectivity index is 3.13. The molecule has 19 heavy (non-hydrogen) atoms. The van der Waals surface area contributed by atoms with Crippen LogP contribution in [0.2, 0.25) is 0 Å². The molecule has 0 aliphatic rings. The van der Waals surface area contributed by atoms with E-state index in [0.717, 1.165) is 11.3 Å². The van der Waals surface area contributed by atoms with Crippen LogP contribution in [0.15, 0.2) is 0 Å². The third-order valence-corrected chi connectivity index (χ3v) is 2.99. The third-order valence-electron chi connectivity index (χ3n) is 2.99. The lowest BCUT2D eigenvalue weighted by Crippen LogP contribution is -2.20. The zero-order chi connectivity index (χ0) is 14.4. The summed E-state index contributed by atoms with van der Waals surface area (Å²) in [7, 11) is 0. The monoisotopic (exact) mass is 267 g/mol. The highest BCUT2D eigenvalue weighted by molar-refractivity contribution is 5.95. The van der Waals surface area contributed by atoms with E-state index in [-0.39, 0.29) is 23.9 Å². The van der Waals surface area contributed by atoms with Crippen LogP contribution in [0.1, 0.15) is 42.4 Å². The van der Waals surface area contributed by atoms with Gasteiger partial charge in [0.2, 0.25) is 0 Å². The number of nitrogens with one attached hydrogen (secondary N) is 1. The van der Waals surface area contributed by atoms with Crippen LogP contribution in [0.25, 0.3) is 0 Å². The summed E-state index contributed by atoms with van der Waals surface area (Å²) in [6, 6.07) is 0. The SMILES string of the molecule is CCc1nnc(NCC(C)CO)c(C(=O)O)c1CC. The van der Waals surface area contributed by atoms with E-state index < -0.39 is 5.97 Å². The van der Waals surface area contributed by atoms with E-state index in [1.54, 1.807) is 0 Å². The Morgan fingerprint density at radius 1 is 1.32 bits per heavy atom. The van der Waals surface area contributed by atoms with Gasteiger partial charge in [0, 0.05) is 13.2 Å². The molecule has 1 aromatic rings. The Morgan fingerprint density at radius 2 is 2.00 bits per heavy atom. The number of hydrogen-bond acceptors (Lipinski definition) is 5. The molecule has 0 saturated carbocycles. The lowest BCUT2D eigenvalue weighted by molar-refractivity contribution is 0.0696. The fourth-order valence-electron chi connectivity index (χ4n) is 1.86. The molecule has 0 fully saturated rings. The number of carbonyl (C=O) groups is 1. The molecule has 106 valence electrons. The Kier molecular flexibility index (Phi) is 5.69. The molecule has 0 amide bonds. The first-order valence-corrected chi connectivity index (χ1v) is 6.51.